The summed E-state index contributed by atoms with van der Waals surface area (Å²) < 4.78 is 1.26. The average molecular weight is 264 g/mol. The number of H-pyrrole nitrogens is 1. The zero-order valence-electron chi connectivity index (χ0n) is 11.1. The fourth-order valence-electron chi connectivity index (χ4n) is 2.79. The van der Waals surface area contributed by atoms with Crippen LogP contribution in [0.2, 0.25) is 0 Å². The van der Waals surface area contributed by atoms with Crippen molar-refractivity contribution in [3.63, 3.8) is 0 Å². The zero-order chi connectivity index (χ0) is 13.6. The number of nitrogens with zero attached hydrogens (tertiary/aromatic N) is 1. The van der Waals surface area contributed by atoms with Crippen LogP contribution in [0.25, 0.3) is 0 Å². The second kappa shape index (κ2) is 4.43. The molecule has 2 aliphatic carbocycles. The molecule has 0 radical (unpaired) electrons. The van der Waals surface area contributed by atoms with Gasteiger partial charge in [-0.05, 0) is 43.4 Å². The molecule has 4 N–H and O–H groups in total. The molecule has 0 aromatic carbocycles. The van der Waals surface area contributed by atoms with Gasteiger partial charge in [-0.3, -0.25) is 14.3 Å². The normalized spacial score (nSPS) is 18.8. The highest BCUT2D eigenvalue weighted by Gasteiger charge is 2.41. The Morgan fingerprint density at radius 2 is 1.89 bits per heavy atom. The van der Waals surface area contributed by atoms with Crippen molar-refractivity contribution in [2.24, 2.45) is 24.8 Å². The van der Waals surface area contributed by atoms with E-state index >= 15 is 0 Å². The van der Waals surface area contributed by atoms with Crippen molar-refractivity contribution in [2.75, 3.05) is 17.6 Å². The molecule has 0 spiro atoms. The molecule has 0 saturated heterocycles. The molecule has 1 aromatic rings. The largest absolute Gasteiger partial charge is 0.383 e. The van der Waals surface area contributed by atoms with Gasteiger partial charge in [-0.25, -0.2) is 4.79 Å². The lowest BCUT2D eigenvalue weighted by Crippen LogP contribution is -2.33. The number of hydrogen-bond donors (Lipinski definition) is 3. The highest BCUT2D eigenvalue weighted by Crippen LogP contribution is 2.49. The zero-order valence-corrected chi connectivity index (χ0v) is 11.1. The second-order valence-electron chi connectivity index (χ2n) is 5.80. The van der Waals surface area contributed by atoms with Crippen molar-refractivity contribution in [2.45, 2.75) is 25.7 Å². The van der Waals surface area contributed by atoms with Gasteiger partial charge >= 0.3 is 5.69 Å². The molecule has 6 heteroatoms. The number of nitrogens with two attached hydrogens (primary N) is 1. The molecule has 19 heavy (non-hydrogen) atoms. The Bertz CT molecular complexity index is 584. The fourth-order valence-corrected chi connectivity index (χ4v) is 2.79. The van der Waals surface area contributed by atoms with E-state index in [1.54, 1.807) is 7.05 Å². The van der Waals surface area contributed by atoms with Crippen LogP contribution in [0.5, 0.6) is 0 Å². The average Bonchev–Trinajstić information content (AvgIpc) is 3.24. The Morgan fingerprint density at radius 3 is 2.42 bits per heavy atom. The van der Waals surface area contributed by atoms with Gasteiger partial charge in [0.05, 0.1) is 0 Å². The fraction of sp³-hybridized carbons (Fsp3) is 0.692. The summed E-state index contributed by atoms with van der Waals surface area (Å²) in [7, 11) is 1.55. The first-order valence-electron chi connectivity index (χ1n) is 6.90. The van der Waals surface area contributed by atoms with Crippen LogP contribution >= 0.6 is 0 Å². The number of aromatic amines is 1. The van der Waals surface area contributed by atoms with Gasteiger partial charge in [-0.2, -0.15) is 0 Å². The first-order valence-corrected chi connectivity index (χ1v) is 6.90. The number of nitrogens with one attached hydrogen (secondary N) is 2. The van der Waals surface area contributed by atoms with Crippen molar-refractivity contribution >= 4 is 11.5 Å². The van der Waals surface area contributed by atoms with Crippen molar-refractivity contribution in [3.8, 4) is 0 Å². The quantitative estimate of drug-likeness (QED) is 0.722. The highest BCUT2D eigenvalue weighted by molar-refractivity contribution is 5.60. The lowest BCUT2D eigenvalue weighted by atomic mass is 9.98. The maximum atomic E-state index is 11.8. The molecule has 1 aromatic heterocycles. The molecule has 0 aliphatic heterocycles. The van der Waals surface area contributed by atoms with E-state index in [4.69, 9.17) is 5.73 Å². The Balaban J connectivity index is 1.77. The molecule has 1 heterocycles. The first-order chi connectivity index (χ1) is 9.08. The van der Waals surface area contributed by atoms with Crippen LogP contribution in [0.4, 0.5) is 11.5 Å². The van der Waals surface area contributed by atoms with E-state index in [2.05, 4.69) is 10.3 Å². The van der Waals surface area contributed by atoms with Crippen molar-refractivity contribution in [1.29, 1.82) is 0 Å². The maximum Gasteiger partial charge on any atom is 0.329 e. The van der Waals surface area contributed by atoms with Crippen LogP contribution < -0.4 is 22.3 Å². The van der Waals surface area contributed by atoms with Crippen LogP contribution in [-0.2, 0) is 7.05 Å². The standard InChI is InChI=1S/C13H20N4O2/c1-17-11(14)10(12(18)16-13(17)19)15-6-9(7-2-3-7)8-4-5-8/h7-9,15H,2-6,14H2,1H3,(H,16,18,19). The summed E-state index contributed by atoms with van der Waals surface area (Å²) in [5, 5.41) is 3.16. The summed E-state index contributed by atoms with van der Waals surface area (Å²) in [5.74, 6) is 2.48. The van der Waals surface area contributed by atoms with Gasteiger partial charge in [0.1, 0.15) is 11.5 Å². The van der Waals surface area contributed by atoms with Crippen molar-refractivity contribution in [1.82, 2.24) is 9.55 Å². The number of rotatable bonds is 5. The predicted molar refractivity (Wildman–Crippen MR) is 74.1 cm³/mol. The highest BCUT2D eigenvalue weighted by atomic mass is 16.2. The van der Waals surface area contributed by atoms with Gasteiger partial charge in [0.15, 0.2) is 0 Å². The number of aromatic nitrogens is 2. The third-order valence-electron chi connectivity index (χ3n) is 4.34. The van der Waals surface area contributed by atoms with E-state index in [1.807, 2.05) is 0 Å². The third-order valence-corrected chi connectivity index (χ3v) is 4.34. The van der Waals surface area contributed by atoms with Crippen LogP contribution in [0.3, 0.4) is 0 Å². The molecule has 2 fully saturated rings. The Morgan fingerprint density at radius 1 is 1.32 bits per heavy atom. The molecule has 0 bridgehead atoms. The summed E-state index contributed by atoms with van der Waals surface area (Å²) >= 11 is 0. The topological polar surface area (TPSA) is 92.9 Å². The van der Waals surface area contributed by atoms with E-state index in [0.717, 1.165) is 18.4 Å². The smallest absolute Gasteiger partial charge is 0.329 e. The molecule has 2 saturated carbocycles. The van der Waals surface area contributed by atoms with Gasteiger partial charge in [-0.1, -0.05) is 0 Å². The molecule has 3 rings (SSSR count). The molecule has 6 nitrogen and oxygen atoms in total. The monoisotopic (exact) mass is 264 g/mol. The van der Waals surface area contributed by atoms with Crippen LogP contribution in [-0.4, -0.2) is 16.1 Å². The van der Waals surface area contributed by atoms with E-state index in [9.17, 15) is 9.59 Å². The minimum Gasteiger partial charge on any atom is -0.383 e. The summed E-state index contributed by atoms with van der Waals surface area (Å²) in [6.45, 7) is 0.779. The van der Waals surface area contributed by atoms with Crippen LogP contribution in [0.15, 0.2) is 9.59 Å². The van der Waals surface area contributed by atoms with Crippen molar-refractivity contribution in [3.05, 3.63) is 20.8 Å². The van der Waals surface area contributed by atoms with E-state index in [0.29, 0.717) is 11.6 Å². The number of hydrogen-bond acceptors (Lipinski definition) is 4. The van der Waals surface area contributed by atoms with Gasteiger partial charge in [-0.15, -0.1) is 0 Å². The van der Waals surface area contributed by atoms with E-state index in [1.165, 1.54) is 30.3 Å². The van der Waals surface area contributed by atoms with Gasteiger partial charge in [0.2, 0.25) is 0 Å². The van der Waals surface area contributed by atoms with Crippen LogP contribution in [0.1, 0.15) is 25.7 Å². The molecular formula is C13H20N4O2. The third kappa shape index (κ3) is 2.39. The van der Waals surface area contributed by atoms with E-state index in [-0.39, 0.29) is 5.82 Å². The Hall–Kier alpha value is -1.72. The predicted octanol–water partition coefficient (Wildman–Crippen LogP) is 0.504. The summed E-state index contributed by atoms with van der Waals surface area (Å²) in [5.41, 5.74) is 5.26. The summed E-state index contributed by atoms with van der Waals surface area (Å²) in [4.78, 5) is 25.4. The number of nitrogen functional groups attached to an aromatic ring is 1. The summed E-state index contributed by atoms with van der Waals surface area (Å²) in [6, 6.07) is 0. The SMILES string of the molecule is Cn1c(N)c(NCC(C2CC2)C2CC2)c(=O)[nH]c1=O. The maximum absolute atomic E-state index is 11.8. The number of anilines is 2. The minimum absolute atomic E-state index is 0.207. The van der Waals surface area contributed by atoms with E-state index < -0.39 is 11.2 Å². The van der Waals surface area contributed by atoms with Gasteiger partial charge in [0.25, 0.3) is 5.56 Å². The molecule has 104 valence electrons. The lowest BCUT2D eigenvalue weighted by molar-refractivity contribution is 0.428. The van der Waals surface area contributed by atoms with Gasteiger partial charge < -0.3 is 11.1 Å². The molecule has 2 aliphatic rings. The van der Waals surface area contributed by atoms with Crippen molar-refractivity contribution < 1.29 is 0 Å². The van der Waals surface area contributed by atoms with Crippen LogP contribution in [0, 0.1) is 17.8 Å². The first kappa shape index (κ1) is 12.3. The Labute approximate surface area is 111 Å². The molecule has 0 atom stereocenters. The Kier molecular flexibility index (Phi) is 2.88. The molecular weight excluding hydrogens is 244 g/mol. The molecule has 0 amide bonds. The second-order valence-corrected chi connectivity index (χ2v) is 5.80. The minimum atomic E-state index is -0.478. The summed E-state index contributed by atoms with van der Waals surface area (Å²) in [6.07, 6.45) is 5.23. The molecule has 0 unspecified atom stereocenters. The van der Waals surface area contributed by atoms with Gasteiger partial charge in [0, 0.05) is 13.6 Å². The lowest BCUT2D eigenvalue weighted by Gasteiger charge is -2.18.